The van der Waals surface area contributed by atoms with Gasteiger partial charge in [0.05, 0.1) is 6.61 Å². The molecule has 0 bridgehead atoms. The van der Waals surface area contributed by atoms with Crippen LogP contribution in [0, 0.1) is 0 Å². The highest BCUT2D eigenvalue weighted by molar-refractivity contribution is 5.86. The first-order valence-corrected chi connectivity index (χ1v) is 13.5. The lowest BCUT2D eigenvalue weighted by Crippen LogP contribution is -2.02. The Kier molecular flexibility index (Phi) is 9.33. The van der Waals surface area contributed by atoms with Gasteiger partial charge in [-0.1, -0.05) is 91.0 Å². The van der Waals surface area contributed by atoms with Crippen LogP contribution in [0.5, 0.6) is 23.0 Å². The summed E-state index contributed by atoms with van der Waals surface area (Å²) in [5, 5.41) is 21.1. The monoisotopic (exact) mass is 544 g/mol. The Labute approximate surface area is 240 Å². The highest BCUT2D eigenvalue weighted by Gasteiger charge is 2.13. The largest absolute Gasteiger partial charge is 0.507 e. The summed E-state index contributed by atoms with van der Waals surface area (Å²) in [4.78, 5) is 0. The molecule has 0 saturated heterocycles. The van der Waals surface area contributed by atoms with Crippen molar-refractivity contribution < 1.29 is 24.4 Å². The topological polar surface area (TPSA) is 68.2 Å². The predicted molar refractivity (Wildman–Crippen MR) is 162 cm³/mol. The zero-order chi connectivity index (χ0) is 28.3. The third-order valence-corrected chi connectivity index (χ3v) is 6.53. The quantitative estimate of drug-likeness (QED) is 0.158. The van der Waals surface area contributed by atoms with Crippen LogP contribution in [0.1, 0.15) is 27.8 Å². The van der Waals surface area contributed by atoms with E-state index < -0.39 is 0 Å². The first-order valence-electron chi connectivity index (χ1n) is 13.5. The summed E-state index contributed by atoms with van der Waals surface area (Å²) in [6, 6.07) is 40.4. The van der Waals surface area contributed by atoms with Crippen LogP contribution in [0.4, 0.5) is 0 Å². The molecule has 0 unspecified atom stereocenters. The maximum absolute atomic E-state index is 10.8. The minimum Gasteiger partial charge on any atom is -0.507 e. The van der Waals surface area contributed by atoms with Gasteiger partial charge in [-0.15, -0.1) is 0 Å². The first kappa shape index (κ1) is 27.6. The van der Waals surface area contributed by atoms with Crippen LogP contribution in [0.25, 0.3) is 11.6 Å². The molecule has 0 spiro atoms. The number of aliphatic hydroxyl groups excluding tert-OH is 1. The Morgan fingerprint density at radius 1 is 0.561 bits per heavy atom. The molecule has 0 heterocycles. The van der Waals surface area contributed by atoms with Crippen LogP contribution in [0.15, 0.2) is 127 Å². The second-order valence-electron chi connectivity index (χ2n) is 9.53. The van der Waals surface area contributed by atoms with Gasteiger partial charge in [-0.2, -0.15) is 0 Å². The van der Waals surface area contributed by atoms with Crippen molar-refractivity contribution in [2.45, 2.75) is 19.8 Å². The van der Waals surface area contributed by atoms with Crippen LogP contribution >= 0.6 is 0 Å². The van der Waals surface area contributed by atoms with Gasteiger partial charge in [-0.25, -0.2) is 0 Å². The van der Waals surface area contributed by atoms with Crippen molar-refractivity contribution in [3.63, 3.8) is 0 Å². The van der Waals surface area contributed by atoms with E-state index in [2.05, 4.69) is 0 Å². The van der Waals surface area contributed by atoms with Gasteiger partial charge in [0.1, 0.15) is 42.8 Å². The number of hydrogen-bond donors (Lipinski definition) is 2. The van der Waals surface area contributed by atoms with Crippen molar-refractivity contribution >= 4 is 11.6 Å². The van der Waals surface area contributed by atoms with Crippen LogP contribution in [0.2, 0.25) is 0 Å². The molecule has 0 radical (unpaired) electrons. The molecule has 5 nitrogen and oxygen atoms in total. The second-order valence-corrected chi connectivity index (χ2v) is 9.53. The van der Waals surface area contributed by atoms with E-state index >= 15 is 0 Å². The molecule has 0 atom stereocenters. The first-order chi connectivity index (χ1) is 20.2. The molecule has 41 heavy (non-hydrogen) atoms. The molecule has 0 fully saturated rings. The zero-order valence-corrected chi connectivity index (χ0v) is 22.6. The Balaban J connectivity index is 1.38. The fourth-order valence-corrected chi connectivity index (χ4v) is 4.33. The number of rotatable bonds is 12. The van der Waals surface area contributed by atoms with E-state index in [0.29, 0.717) is 53.8 Å². The molecular formula is C36H32O5. The van der Waals surface area contributed by atoms with E-state index in [0.717, 1.165) is 16.7 Å². The van der Waals surface area contributed by atoms with Gasteiger partial charge in [0.15, 0.2) is 0 Å². The van der Waals surface area contributed by atoms with E-state index in [1.54, 1.807) is 24.3 Å². The minimum atomic E-state index is -0.252. The summed E-state index contributed by atoms with van der Waals surface area (Å²) in [5.41, 5.74) is 4.98. The lowest BCUT2D eigenvalue weighted by molar-refractivity contribution is 0.288. The maximum atomic E-state index is 10.8. The van der Waals surface area contributed by atoms with Gasteiger partial charge in [-0.05, 0) is 52.6 Å². The smallest absolute Gasteiger partial charge is 0.131 e. The number of ether oxygens (including phenoxy) is 3. The third-order valence-electron chi connectivity index (χ3n) is 6.53. The van der Waals surface area contributed by atoms with Crippen molar-refractivity contribution in [2.75, 3.05) is 6.61 Å². The SMILES string of the molecule is OC/C(=C\c1ccc(OCc2ccccc2)cc1O)c1ccc(OCc2ccccc2)cc1OCc1ccccc1. The van der Waals surface area contributed by atoms with E-state index in [-0.39, 0.29) is 12.4 Å². The number of aromatic hydroxyl groups is 1. The predicted octanol–water partition coefficient (Wildman–Crippen LogP) is 7.66. The Bertz CT molecular complexity index is 1560. The van der Waals surface area contributed by atoms with Crippen molar-refractivity contribution in [3.8, 4) is 23.0 Å². The lowest BCUT2D eigenvalue weighted by atomic mass is 10.0. The van der Waals surface area contributed by atoms with Gasteiger partial charge in [0.25, 0.3) is 0 Å². The number of phenolic OH excluding ortho intramolecular Hbond substituents is 1. The summed E-state index contributed by atoms with van der Waals surface area (Å²) in [5.74, 6) is 1.83. The molecule has 5 heteroatoms. The number of hydrogen-bond acceptors (Lipinski definition) is 5. The Hall–Kier alpha value is -5.00. The highest BCUT2D eigenvalue weighted by atomic mass is 16.5. The minimum absolute atomic E-state index is 0.0519. The molecule has 5 rings (SSSR count). The fourth-order valence-electron chi connectivity index (χ4n) is 4.33. The zero-order valence-electron chi connectivity index (χ0n) is 22.6. The van der Waals surface area contributed by atoms with E-state index in [4.69, 9.17) is 14.2 Å². The molecule has 0 aliphatic heterocycles. The van der Waals surface area contributed by atoms with Gasteiger partial charge >= 0.3 is 0 Å². The molecule has 5 aromatic rings. The van der Waals surface area contributed by atoms with Gasteiger partial charge in [0.2, 0.25) is 0 Å². The number of phenols is 1. The maximum Gasteiger partial charge on any atom is 0.131 e. The van der Waals surface area contributed by atoms with Gasteiger partial charge in [-0.3, -0.25) is 0 Å². The van der Waals surface area contributed by atoms with E-state index in [1.807, 2.05) is 109 Å². The average molecular weight is 545 g/mol. The van der Waals surface area contributed by atoms with Crippen molar-refractivity contribution in [1.82, 2.24) is 0 Å². The van der Waals surface area contributed by atoms with Crippen LogP contribution in [-0.4, -0.2) is 16.8 Å². The molecule has 0 aromatic heterocycles. The van der Waals surface area contributed by atoms with E-state index in [9.17, 15) is 10.2 Å². The van der Waals surface area contributed by atoms with Crippen molar-refractivity contribution in [2.24, 2.45) is 0 Å². The summed E-state index contributed by atoms with van der Waals surface area (Å²) in [7, 11) is 0. The second kappa shape index (κ2) is 13.9. The molecule has 0 aliphatic carbocycles. The summed E-state index contributed by atoms with van der Waals surface area (Å²) in [6.45, 7) is 0.927. The highest BCUT2D eigenvalue weighted by Crippen LogP contribution is 2.34. The molecule has 2 N–H and O–H groups in total. The van der Waals surface area contributed by atoms with Crippen molar-refractivity contribution in [1.29, 1.82) is 0 Å². The molecule has 0 aliphatic rings. The molecule has 0 amide bonds. The molecule has 5 aromatic carbocycles. The molecule has 206 valence electrons. The lowest BCUT2D eigenvalue weighted by Gasteiger charge is -2.16. The third kappa shape index (κ3) is 7.78. The standard InChI is InChI=1S/C36H32O5/c37-23-31(20-30-16-17-32(21-35(30)38)39-24-27-10-4-1-5-11-27)34-19-18-33(40-25-28-12-6-2-7-13-28)22-36(34)41-26-29-14-8-3-9-15-29/h1-22,37-38H,23-26H2/b31-20+. The fraction of sp³-hybridized carbons (Fsp3) is 0.111. The number of aliphatic hydroxyl groups is 1. The molecular weight excluding hydrogens is 512 g/mol. The van der Waals surface area contributed by atoms with Gasteiger partial charge < -0.3 is 24.4 Å². The van der Waals surface area contributed by atoms with Crippen LogP contribution < -0.4 is 14.2 Å². The van der Waals surface area contributed by atoms with Crippen LogP contribution in [0.3, 0.4) is 0 Å². The van der Waals surface area contributed by atoms with Crippen LogP contribution in [-0.2, 0) is 19.8 Å². The molecule has 0 saturated carbocycles. The normalized spacial score (nSPS) is 11.2. The summed E-state index contributed by atoms with van der Waals surface area (Å²) < 4.78 is 18.1. The van der Waals surface area contributed by atoms with Gasteiger partial charge in [0, 0.05) is 23.3 Å². The van der Waals surface area contributed by atoms with Crippen molar-refractivity contribution in [3.05, 3.63) is 155 Å². The average Bonchev–Trinajstić information content (AvgIpc) is 3.03. The van der Waals surface area contributed by atoms with E-state index in [1.165, 1.54) is 0 Å². The number of benzene rings is 5. The Morgan fingerprint density at radius 2 is 1.05 bits per heavy atom. The summed E-state index contributed by atoms with van der Waals surface area (Å²) >= 11 is 0. The summed E-state index contributed by atoms with van der Waals surface area (Å²) in [6.07, 6.45) is 1.76. The Morgan fingerprint density at radius 3 is 1.56 bits per heavy atom.